The largest absolute Gasteiger partial charge is 0.478 e. The average Bonchev–Trinajstić information content (AvgIpc) is 3.10. The minimum Gasteiger partial charge on any atom is -0.478 e. The van der Waals surface area contributed by atoms with E-state index in [1.165, 1.54) is 0 Å². The Balaban J connectivity index is 2.35. The van der Waals surface area contributed by atoms with E-state index in [2.05, 4.69) is 11.6 Å². The van der Waals surface area contributed by atoms with Gasteiger partial charge in [0.05, 0.1) is 0 Å². The van der Waals surface area contributed by atoms with Gasteiger partial charge in [-0.1, -0.05) is 6.08 Å². The zero-order valence-electron chi connectivity index (χ0n) is 8.97. The highest BCUT2D eigenvalue weighted by Gasteiger charge is 2.31. The molecule has 0 amide bonds. The third kappa shape index (κ3) is 2.05. The molecule has 16 heavy (non-hydrogen) atoms. The van der Waals surface area contributed by atoms with E-state index < -0.39 is 5.97 Å². The van der Waals surface area contributed by atoms with Crippen molar-refractivity contribution in [2.45, 2.75) is 18.9 Å². The maximum absolute atomic E-state index is 11.1. The van der Waals surface area contributed by atoms with E-state index in [0.29, 0.717) is 18.4 Å². The standard InChI is InChI=1S/C12H14N2O2/c1-2-8-14(9-5-6-9)11-10(12(15)16)4-3-7-13-11/h2-4,7,9H,1,5-6,8H2,(H,15,16). The topological polar surface area (TPSA) is 53.4 Å². The Morgan fingerprint density at radius 3 is 3.00 bits per heavy atom. The van der Waals surface area contributed by atoms with Crippen molar-refractivity contribution in [2.75, 3.05) is 11.4 Å². The minimum atomic E-state index is -0.933. The summed E-state index contributed by atoms with van der Waals surface area (Å²) in [7, 11) is 0. The molecule has 1 aliphatic carbocycles. The van der Waals surface area contributed by atoms with Gasteiger partial charge in [0.15, 0.2) is 0 Å². The van der Waals surface area contributed by atoms with E-state index in [1.54, 1.807) is 24.4 Å². The van der Waals surface area contributed by atoms with Crippen LogP contribution in [0.4, 0.5) is 5.82 Å². The van der Waals surface area contributed by atoms with Crippen LogP contribution in [0, 0.1) is 0 Å². The van der Waals surface area contributed by atoms with Gasteiger partial charge in [-0.05, 0) is 25.0 Å². The van der Waals surface area contributed by atoms with E-state index >= 15 is 0 Å². The number of anilines is 1. The molecular formula is C12H14N2O2. The number of aromatic carboxylic acids is 1. The maximum Gasteiger partial charge on any atom is 0.339 e. The number of carboxylic acid groups (broad SMARTS) is 1. The molecule has 2 rings (SSSR count). The van der Waals surface area contributed by atoms with Crippen LogP contribution in [0.15, 0.2) is 31.0 Å². The van der Waals surface area contributed by atoms with Gasteiger partial charge in [0.2, 0.25) is 0 Å². The van der Waals surface area contributed by atoms with Gasteiger partial charge < -0.3 is 10.0 Å². The second-order valence-corrected chi connectivity index (χ2v) is 3.85. The summed E-state index contributed by atoms with van der Waals surface area (Å²) in [4.78, 5) is 17.3. The van der Waals surface area contributed by atoms with Crippen LogP contribution < -0.4 is 4.90 Å². The maximum atomic E-state index is 11.1. The van der Waals surface area contributed by atoms with Gasteiger partial charge >= 0.3 is 5.97 Å². The monoisotopic (exact) mass is 218 g/mol. The Bertz CT molecular complexity index is 413. The number of hydrogen-bond acceptors (Lipinski definition) is 3. The summed E-state index contributed by atoms with van der Waals surface area (Å²) in [5.41, 5.74) is 0.260. The number of nitrogens with zero attached hydrogens (tertiary/aromatic N) is 2. The number of aromatic nitrogens is 1. The van der Waals surface area contributed by atoms with Crippen LogP contribution in [0.2, 0.25) is 0 Å². The molecule has 1 aliphatic rings. The van der Waals surface area contributed by atoms with Gasteiger partial charge in [-0.2, -0.15) is 0 Å². The molecule has 0 radical (unpaired) electrons. The fraction of sp³-hybridized carbons (Fsp3) is 0.333. The van der Waals surface area contributed by atoms with Crippen LogP contribution in [0.5, 0.6) is 0 Å². The second-order valence-electron chi connectivity index (χ2n) is 3.85. The third-order valence-electron chi connectivity index (χ3n) is 2.60. The van der Waals surface area contributed by atoms with E-state index in [-0.39, 0.29) is 5.56 Å². The molecule has 0 aliphatic heterocycles. The van der Waals surface area contributed by atoms with Crippen LogP contribution in [-0.4, -0.2) is 28.6 Å². The molecule has 1 heterocycles. The highest BCUT2D eigenvalue weighted by Crippen LogP contribution is 2.32. The summed E-state index contributed by atoms with van der Waals surface area (Å²) in [6.07, 6.45) is 5.60. The Labute approximate surface area is 94.2 Å². The first-order valence-corrected chi connectivity index (χ1v) is 5.30. The van der Waals surface area contributed by atoms with Crippen LogP contribution in [0.3, 0.4) is 0 Å². The molecule has 84 valence electrons. The number of rotatable bonds is 5. The Morgan fingerprint density at radius 1 is 1.69 bits per heavy atom. The van der Waals surface area contributed by atoms with Gasteiger partial charge in [-0.15, -0.1) is 6.58 Å². The zero-order chi connectivity index (χ0) is 11.5. The molecule has 4 heteroatoms. The lowest BCUT2D eigenvalue weighted by atomic mass is 10.2. The summed E-state index contributed by atoms with van der Waals surface area (Å²) >= 11 is 0. The number of pyridine rings is 1. The summed E-state index contributed by atoms with van der Waals surface area (Å²) in [5.74, 6) is -0.379. The molecule has 1 aromatic rings. The summed E-state index contributed by atoms with van der Waals surface area (Å²) in [5, 5.41) is 9.09. The zero-order valence-corrected chi connectivity index (χ0v) is 8.97. The van der Waals surface area contributed by atoms with Crippen molar-refractivity contribution in [1.82, 2.24) is 4.98 Å². The van der Waals surface area contributed by atoms with Crippen LogP contribution in [0.1, 0.15) is 23.2 Å². The molecule has 0 atom stereocenters. The molecular weight excluding hydrogens is 204 g/mol. The van der Waals surface area contributed by atoms with Gasteiger partial charge in [0, 0.05) is 18.8 Å². The Hall–Kier alpha value is -1.84. The molecule has 0 saturated heterocycles. The molecule has 0 spiro atoms. The van der Waals surface area contributed by atoms with Crippen LogP contribution in [-0.2, 0) is 0 Å². The molecule has 1 saturated carbocycles. The van der Waals surface area contributed by atoms with Crippen LogP contribution >= 0.6 is 0 Å². The van der Waals surface area contributed by atoms with Crippen molar-refractivity contribution in [3.05, 3.63) is 36.5 Å². The SMILES string of the molecule is C=CCN(c1ncccc1C(=O)O)C1CC1. The summed E-state index contributed by atoms with van der Waals surface area (Å²) in [6, 6.07) is 3.65. The van der Waals surface area contributed by atoms with Crippen molar-refractivity contribution in [3.63, 3.8) is 0 Å². The first kappa shape index (κ1) is 10.7. The van der Waals surface area contributed by atoms with E-state index in [0.717, 1.165) is 12.8 Å². The number of carboxylic acids is 1. The normalized spacial score (nSPS) is 14.5. The van der Waals surface area contributed by atoms with Crippen molar-refractivity contribution >= 4 is 11.8 Å². The summed E-state index contributed by atoms with van der Waals surface area (Å²) in [6.45, 7) is 4.33. The van der Waals surface area contributed by atoms with E-state index in [9.17, 15) is 4.79 Å². The predicted octanol–water partition coefficient (Wildman–Crippen LogP) is 1.93. The van der Waals surface area contributed by atoms with E-state index in [1.807, 2.05) is 4.90 Å². The molecule has 1 aromatic heterocycles. The molecule has 1 N–H and O–H groups in total. The van der Waals surface area contributed by atoms with Crippen LogP contribution in [0.25, 0.3) is 0 Å². The minimum absolute atomic E-state index is 0.260. The molecule has 1 fully saturated rings. The smallest absolute Gasteiger partial charge is 0.339 e. The highest BCUT2D eigenvalue weighted by molar-refractivity contribution is 5.93. The van der Waals surface area contributed by atoms with E-state index in [4.69, 9.17) is 5.11 Å². The van der Waals surface area contributed by atoms with Gasteiger partial charge in [0.1, 0.15) is 11.4 Å². The number of carbonyl (C=O) groups is 1. The Kier molecular flexibility index (Phi) is 2.90. The lowest BCUT2D eigenvalue weighted by Gasteiger charge is -2.23. The van der Waals surface area contributed by atoms with Crippen molar-refractivity contribution in [3.8, 4) is 0 Å². The predicted molar refractivity (Wildman–Crippen MR) is 61.8 cm³/mol. The molecule has 0 bridgehead atoms. The van der Waals surface area contributed by atoms with Crippen molar-refractivity contribution < 1.29 is 9.90 Å². The van der Waals surface area contributed by atoms with Gasteiger partial charge in [-0.3, -0.25) is 0 Å². The quantitative estimate of drug-likeness (QED) is 0.767. The Morgan fingerprint density at radius 2 is 2.44 bits per heavy atom. The molecule has 4 nitrogen and oxygen atoms in total. The van der Waals surface area contributed by atoms with Crippen molar-refractivity contribution in [2.24, 2.45) is 0 Å². The first-order valence-electron chi connectivity index (χ1n) is 5.30. The van der Waals surface area contributed by atoms with Crippen molar-refractivity contribution in [1.29, 1.82) is 0 Å². The number of hydrogen-bond donors (Lipinski definition) is 1. The first-order chi connectivity index (χ1) is 7.74. The highest BCUT2D eigenvalue weighted by atomic mass is 16.4. The lowest BCUT2D eigenvalue weighted by Crippen LogP contribution is -2.28. The molecule has 0 aromatic carbocycles. The fourth-order valence-corrected chi connectivity index (χ4v) is 1.73. The fourth-order valence-electron chi connectivity index (χ4n) is 1.73. The second kappa shape index (κ2) is 4.35. The molecule has 0 unspecified atom stereocenters. The van der Waals surface area contributed by atoms with Gasteiger partial charge in [-0.25, -0.2) is 9.78 Å². The lowest BCUT2D eigenvalue weighted by molar-refractivity contribution is 0.0697. The van der Waals surface area contributed by atoms with Gasteiger partial charge in [0.25, 0.3) is 0 Å². The summed E-state index contributed by atoms with van der Waals surface area (Å²) < 4.78 is 0. The third-order valence-corrected chi connectivity index (χ3v) is 2.60. The average molecular weight is 218 g/mol.